The summed E-state index contributed by atoms with van der Waals surface area (Å²) in [4.78, 5) is 12.0. The fourth-order valence-electron chi connectivity index (χ4n) is 1.78. The van der Waals surface area contributed by atoms with Crippen molar-refractivity contribution >= 4 is 43.5 Å². The van der Waals surface area contributed by atoms with Gasteiger partial charge in [-0.05, 0) is 44.0 Å². The summed E-state index contributed by atoms with van der Waals surface area (Å²) < 4.78 is 17.4. The molecule has 1 amide bonds. The van der Waals surface area contributed by atoms with Gasteiger partial charge in [-0.3, -0.25) is 4.79 Å². The minimum Gasteiger partial charge on any atom is -0.486 e. The number of carbonyl (C=O) groups is 1. The number of nitrogens with one attached hydrogen (secondary N) is 1. The molecule has 1 N–H and O–H groups in total. The topological polar surface area (TPSA) is 60.7 Å². The Morgan fingerprint density at radius 2 is 1.80 bits per heavy atom. The van der Waals surface area contributed by atoms with Gasteiger partial charge in [0, 0.05) is 16.6 Å². The Labute approximate surface area is 131 Å². The molecule has 0 atom stereocenters. The summed E-state index contributed by atoms with van der Waals surface area (Å²) in [5, 5.41) is 2.75. The van der Waals surface area contributed by atoms with E-state index in [9.17, 15) is 4.79 Å². The number of fused-ring (bicyclic) bond motifs is 1. The molecule has 0 aliphatic carbocycles. The molecule has 0 saturated heterocycles. The summed E-state index contributed by atoms with van der Waals surface area (Å²) in [7, 11) is 0. The number of rotatable bonds is 2. The second-order valence-corrected chi connectivity index (χ2v) is 5.67. The van der Waals surface area contributed by atoms with Crippen LogP contribution in [0, 0.1) is 0 Å². The maximum atomic E-state index is 12.0. The summed E-state index contributed by atoms with van der Waals surface area (Å²) in [6.45, 7) is 1.01. The first kappa shape index (κ1) is 13.5. The molecule has 1 aliphatic rings. The van der Waals surface area contributed by atoms with Gasteiger partial charge < -0.3 is 19.2 Å². The van der Waals surface area contributed by atoms with Crippen molar-refractivity contribution in [3.8, 4) is 11.5 Å². The van der Waals surface area contributed by atoms with Crippen LogP contribution in [0.4, 0.5) is 5.69 Å². The van der Waals surface area contributed by atoms with E-state index < -0.39 is 0 Å². The van der Waals surface area contributed by atoms with Crippen molar-refractivity contribution in [1.29, 1.82) is 0 Å². The lowest BCUT2D eigenvalue weighted by atomic mass is 10.2. The first-order chi connectivity index (χ1) is 9.63. The van der Waals surface area contributed by atoms with Crippen molar-refractivity contribution in [2.45, 2.75) is 0 Å². The van der Waals surface area contributed by atoms with Crippen LogP contribution in [0.2, 0.25) is 0 Å². The Morgan fingerprint density at radius 3 is 2.45 bits per heavy atom. The highest BCUT2D eigenvalue weighted by Gasteiger charge is 2.17. The van der Waals surface area contributed by atoms with Gasteiger partial charge in [0.15, 0.2) is 21.9 Å². The summed E-state index contributed by atoms with van der Waals surface area (Å²) in [6, 6.07) is 6.73. The van der Waals surface area contributed by atoms with Crippen molar-refractivity contribution in [3.63, 3.8) is 0 Å². The Hall–Kier alpha value is -1.47. The number of hydrogen-bond acceptors (Lipinski definition) is 4. The van der Waals surface area contributed by atoms with Gasteiger partial charge in [0.1, 0.15) is 13.2 Å². The molecule has 20 heavy (non-hydrogen) atoms. The number of carbonyl (C=O) groups excluding carboxylic acids is 1. The van der Waals surface area contributed by atoms with Gasteiger partial charge in [0.05, 0.1) is 5.69 Å². The van der Waals surface area contributed by atoms with Gasteiger partial charge in [-0.25, -0.2) is 0 Å². The third-order valence-electron chi connectivity index (χ3n) is 2.68. The smallest absolute Gasteiger partial charge is 0.291 e. The minimum absolute atomic E-state index is 0.221. The molecule has 1 aliphatic heterocycles. The molecule has 0 fully saturated rings. The zero-order valence-electron chi connectivity index (χ0n) is 10.1. The Balaban J connectivity index is 1.85. The zero-order chi connectivity index (χ0) is 14.1. The van der Waals surface area contributed by atoms with E-state index >= 15 is 0 Å². The van der Waals surface area contributed by atoms with Crippen LogP contribution in [-0.2, 0) is 0 Å². The zero-order valence-corrected chi connectivity index (χ0v) is 13.3. The van der Waals surface area contributed by atoms with Gasteiger partial charge in [-0.15, -0.1) is 0 Å². The molecule has 104 valence electrons. The molecule has 1 aromatic carbocycles. The van der Waals surface area contributed by atoms with Gasteiger partial charge in [-0.1, -0.05) is 0 Å². The second kappa shape index (κ2) is 5.49. The van der Waals surface area contributed by atoms with Crippen LogP contribution in [-0.4, -0.2) is 19.1 Å². The number of amides is 1. The molecule has 2 heterocycles. The second-order valence-electron chi connectivity index (χ2n) is 4.03. The van der Waals surface area contributed by atoms with E-state index in [1.807, 2.05) is 0 Å². The van der Waals surface area contributed by atoms with E-state index in [4.69, 9.17) is 13.9 Å². The van der Waals surface area contributed by atoms with E-state index in [0.717, 1.165) is 0 Å². The Kier molecular flexibility index (Phi) is 3.71. The molecule has 3 rings (SSSR count). The van der Waals surface area contributed by atoms with Crippen molar-refractivity contribution < 1.29 is 18.7 Å². The quantitative estimate of drug-likeness (QED) is 0.829. The lowest BCUT2D eigenvalue weighted by molar-refractivity contribution is 0.0995. The fourth-order valence-corrected chi connectivity index (χ4v) is 2.51. The summed E-state index contributed by atoms with van der Waals surface area (Å²) in [5.74, 6) is 1.14. The first-order valence-electron chi connectivity index (χ1n) is 5.79. The standard InChI is InChI=1S/C13H9Br2NO4/c14-7-5-10-11(19-4-3-18-10)6-8(7)16-13(17)9-1-2-12(15)20-9/h1-2,5-6H,3-4H2,(H,16,17). The molecular formula is C13H9Br2NO4. The average Bonchev–Trinajstić information content (AvgIpc) is 2.86. The molecule has 0 bridgehead atoms. The van der Waals surface area contributed by atoms with Gasteiger partial charge in [0.25, 0.3) is 5.91 Å². The monoisotopic (exact) mass is 401 g/mol. The van der Waals surface area contributed by atoms with E-state index in [0.29, 0.717) is 39.5 Å². The molecule has 1 aromatic heterocycles. The molecule has 0 unspecified atom stereocenters. The Morgan fingerprint density at radius 1 is 1.10 bits per heavy atom. The van der Waals surface area contributed by atoms with E-state index in [1.165, 1.54) is 0 Å². The van der Waals surface area contributed by atoms with Crippen molar-refractivity contribution in [3.05, 3.63) is 39.2 Å². The lowest BCUT2D eigenvalue weighted by Crippen LogP contribution is -2.16. The van der Waals surface area contributed by atoms with Crippen LogP contribution >= 0.6 is 31.9 Å². The SMILES string of the molecule is O=C(Nc1cc2c(cc1Br)OCCO2)c1ccc(Br)o1. The predicted octanol–water partition coefficient (Wildman–Crippen LogP) is 3.83. The highest BCUT2D eigenvalue weighted by molar-refractivity contribution is 9.10. The van der Waals surface area contributed by atoms with Gasteiger partial charge in [0.2, 0.25) is 0 Å². The molecule has 2 aromatic rings. The maximum Gasteiger partial charge on any atom is 0.291 e. The minimum atomic E-state index is -0.340. The molecule has 0 radical (unpaired) electrons. The molecule has 0 spiro atoms. The summed E-state index contributed by atoms with van der Waals surface area (Å²) >= 11 is 6.55. The van der Waals surface area contributed by atoms with Crippen molar-refractivity contribution in [2.75, 3.05) is 18.5 Å². The lowest BCUT2D eigenvalue weighted by Gasteiger charge is -2.19. The highest BCUT2D eigenvalue weighted by Crippen LogP contribution is 2.38. The largest absolute Gasteiger partial charge is 0.486 e. The van der Waals surface area contributed by atoms with E-state index in [-0.39, 0.29) is 11.7 Å². The summed E-state index contributed by atoms with van der Waals surface area (Å²) in [6.07, 6.45) is 0. The molecule has 0 saturated carbocycles. The predicted molar refractivity (Wildman–Crippen MR) is 79.5 cm³/mol. The van der Waals surface area contributed by atoms with Crippen LogP contribution in [0.1, 0.15) is 10.6 Å². The fraction of sp³-hybridized carbons (Fsp3) is 0.154. The number of halogens is 2. The first-order valence-corrected chi connectivity index (χ1v) is 7.38. The molecule has 7 heteroatoms. The van der Waals surface area contributed by atoms with Crippen LogP contribution in [0.15, 0.2) is 37.8 Å². The molecule has 5 nitrogen and oxygen atoms in total. The summed E-state index contributed by atoms with van der Waals surface area (Å²) in [5.41, 5.74) is 0.590. The number of anilines is 1. The maximum absolute atomic E-state index is 12.0. The van der Waals surface area contributed by atoms with Crippen LogP contribution in [0.5, 0.6) is 11.5 Å². The third kappa shape index (κ3) is 2.69. The number of furan rings is 1. The normalized spacial score (nSPS) is 13.1. The number of hydrogen-bond donors (Lipinski definition) is 1. The average molecular weight is 403 g/mol. The van der Waals surface area contributed by atoms with Gasteiger partial charge >= 0.3 is 0 Å². The third-order valence-corrected chi connectivity index (χ3v) is 3.76. The van der Waals surface area contributed by atoms with Crippen LogP contribution in [0.3, 0.4) is 0 Å². The van der Waals surface area contributed by atoms with Crippen molar-refractivity contribution in [1.82, 2.24) is 0 Å². The van der Waals surface area contributed by atoms with Crippen LogP contribution in [0.25, 0.3) is 0 Å². The van der Waals surface area contributed by atoms with Crippen LogP contribution < -0.4 is 14.8 Å². The number of ether oxygens (including phenoxy) is 2. The molecular weight excluding hydrogens is 394 g/mol. The highest BCUT2D eigenvalue weighted by atomic mass is 79.9. The van der Waals surface area contributed by atoms with E-state index in [1.54, 1.807) is 24.3 Å². The Bertz CT molecular complexity index is 668. The van der Waals surface area contributed by atoms with E-state index in [2.05, 4.69) is 37.2 Å². The van der Waals surface area contributed by atoms with Gasteiger partial charge in [-0.2, -0.15) is 0 Å². The number of benzene rings is 1. The van der Waals surface area contributed by atoms with Crippen molar-refractivity contribution in [2.24, 2.45) is 0 Å².